The third-order valence-corrected chi connectivity index (χ3v) is 8.01. The molecule has 2 unspecified atom stereocenters. The second-order valence-corrected chi connectivity index (χ2v) is 10.5. The minimum Gasteiger partial charge on any atom is -0.450 e. The van der Waals surface area contributed by atoms with Crippen molar-refractivity contribution in [3.8, 4) is 0 Å². The van der Waals surface area contributed by atoms with Crippen LogP contribution in [0.4, 0.5) is 16.4 Å². The number of fused-ring (bicyclic) bond motifs is 1. The average molecular weight is 548 g/mol. The van der Waals surface area contributed by atoms with E-state index in [1.165, 1.54) is 0 Å². The van der Waals surface area contributed by atoms with E-state index in [9.17, 15) is 9.90 Å². The highest BCUT2D eigenvalue weighted by atomic mass is 16.6. The van der Waals surface area contributed by atoms with Crippen LogP contribution in [0.15, 0.2) is 48.7 Å². The number of carbonyl (C=O) groups excluding carboxylic acids is 1. The lowest BCUT2D eigenvalue weighted by Crippen LogP contribution is -2.45. The van der Waals surface area contributed by atoms with Gasteiger partial charge in [-0.2, -0.15) is 4.98 Å². The number of aliphatic hydroxyl groups excluding tert-OH is 1. The first-order valence-electron chi connectivity index (χ1n) is 14.2. The quantitative estimate of drug-likeness (QED) is 0.461. The van der Waals surface area contributed by atoms with E-state index < -0.39 is 6.23 Å². The zero-order valence-electron chi connectivity index (χ0n) is 22.9. The summed E-state index contributed by atoms with van der Waals surface area (Å²) in [7, 11) is 0. The second kappa shape index (κ2) is 11.9. The highest BCUT2D eigenvalue weighted by molar-refractivity contribution is 5.79. The van der Waals surface area contributed by atoms with Gasteiger partial charge in [-0.05, 0) is 55.2 Å². The summed E-state index contributed by atoms with van der Waals surface area (Å²) in [5.41, 5.74) is 4.63. The molecule has 3 aliphatic heterocycles. The SMILES string of the molecule is CCOC(=O)N1CC=C(c2cccn3nc(Nc4ccc(C(O)N5CCC(N6CCOCC6)C5)cc4)nc23)CC1. The average Bonchev–Trinajstić information content (AvgIpc) is 3.65. The molecule has 2 fully saturated rings. The lowest BCUT2D eigenvalue weighted by molar-refractivity contribution is -0.00255. The molecule has 3 aliphatic rings. The Balaban J connectivity index is 1.10. The monoisotopic (exact) mass is 547 g/mol. The summed E-state index contributed by atoms with van der Waals surface area (Å²) in [6.07, 6.45) is 4.83. The molecule has 3 aromatic rings. The van der Waals surface area contributed by atoms with Gasteiger partial charge in [-0.15, -0.1) is 5.10 Å². The first kappa shape index (κ1) is 26.7. The van der Waals surface area contributed by atoms with Crippen molar-refractivity contribution in [2.75, 3.05) is 64.4 Å². The maximum absolute atomic E-state index is 12.0. The van der Waals surface area contributed by atoms with Crippen LogP contribution in [0.25, 0.3) is 11.2 Å². The van der Waals surface area contributed by atoms with E-state index in [4.69, 9.17) is 14.5 Å². The van der Waals surface area contributed by atoms with E-state index in [1.54, 1.807) is 9.42 Å². The standard InChI is InChI=1S/C29H37N7O4/c1-2-40-29(38)34-13-9-21(10-14-34)25-4-3-12-36-26(25)31-28(32-36)30-23-7-5-22(6-8-23)27(37)35-15-11-24(20-35)33-16-18-39-19-17-33/h3-9,12,24,27,37H,2,10-11,13-20H2,1H3,(H,30,32). The molecule has 0 spiro atoms. The fraction of sp³-hybridized carbons (Fsp3) is 0.483. The van der Waals surface area contributed by atoms with Gasteiger partial charge in [0, 0.05) is 62.8 Å². The van der Waals surface area contributed by atoms with E-state index in [0.717, 1.165) is 80.3 Å². The number of morpholine rings is 1. The minimum atomic E-state index is -0.625. The van der Waals surface area contributed by atoms with Gasteiger partial charge in [0.25, 0.3) is 0 Å². The highest BCUT2D eigenvalue weighted by Gasteiger charge is 2.32. The van der Waals surface area contributed by atoms with Gasteiger partial charge in [0.2, 0.25) is 5.95 Å². The number of nitrogens with one attached hydrogen (secondary N) is 1. The van der Waals surface area contributed by atoms with Crippen LogP contribution in [0.1, 0.15) is 37.1 Å². The van der Waals surface area contributed by atoms with Gasteiger partial charge in [0.15, 0.2) is 5.65 Å². The van der Waals surface area contributed by atoms with Crippen molar-refractivity contribution >= 4 is 28.9 Å². The Bertz CT molecular complexity index is 1350. The number of carbonyl (C=O) groups is 1. The summed E-state index contributed by atoms with van der Waals surface area (Å²) in [6.45, 7) is 8.59. The summed E-state index contributed by atoms with van der Waals surface area (Å²) < 4.78 is 12.4. The van der Waals surface area contributed by atoms with Crippen molar-refractivity contribution in [1.82, 2.24) is 29.3 Å². The fourth-order valence-electron chi connectivity index (χ4n) is 5.81. The Kier molecular flexibility index (Phi) is 7.96. The fourth-order valence-corrected chi connectivity index (χ4v) is 5.81. The van der Waals surface area contributed by atoms with Crippen LogP contribution in [0.2, 0.25) is 0 Å². The molecule has 40 heavy (non-hydrogen) atoms. The first-order valence-corrected chi connectivity index (χ1v) is 14.2. The molecule has 0 saturated carbocycles. The van der Waals surface area contributed by atoms with Gasteiger partial charge in [-0.3, -0.25) is 9.80 Å². The summed E-state index contributed by atoms with van der Waals surface area (Å²) in [4.78, 5) is 23.2. The van der Waals surface area contributed by atoms with Crippen molar-refractivity contribution in [1.29, 1.82) is 0 Å². The van der Waals surface area contributed by atoms with Gasteiger partial charge in [-0.1, -0.05) is 18.2 Å². The number of hydrogen-bond acceptors (Lipinski definition) is 9. The Labute approximate surface area is 234 Å². The molecule has 1 amide bonds. The van der Waals surface area contributed by atoms with Crippen molar-refractivity contribution in [2.24, 2.45) is 0 Å². The van der Waals surface area contributed by atoms with Crippen LogP contribution in [-0.2, 0) is 9.47 Å². The maximum Gasteiger partial charge on any atom is 0.410 e. The van der Waals surface area contributed by atoms with Crippen molar-refractivity contribution in [2.45, 2.75) is 32.0 Å². The minimum absolute atomic E-state index is 0.277. The Morgan fingerprint density at radius 3 is 2.75 bits per heavy atom. The van der Waals surface area contributed by atoms with E-state index >= 15 is 0 Å². The highest BCUT2D eigenvalue weighted by Crippen LogP contribution is 2.29. The Morgan fingerprint density at radius 2 is 2.00 bits per heavy atom. The molecule has 0 radical (unpaired) electrons. The molecule has 2 aromatic heterocycles. The summed E-state index contributed by atoms with van der Waals surface area (Å²) in [6, 6.07) is 12.3. The molecule has 2 atom stereocenters. The smallest absolute Gasteiger partial charge is 0.410 e. The molecule has 2 N–H and O–H groups in total. The van der Waals surface area contributed by atoms with Gasteiger partial charge in [-0.25, -0.2) is 9.31 Å². The van der Waals surface area contributed by atoms with Crippen molar-refractivity contribution in [3.05, 3.63) is 59.8 Å². The van der Waals surface area contributed by atoms with Gasteiger partial charge in [0.05, 0.1) is 19.8 Å². The molecule has 11 nitrogen and oxygen atoms in total. The summed E-state index contributed by atoms with van der Waals surface area (Å²) in [5, 5.41) is 19.0. The topological polar surface area (TPSA) is 108 Å². The number of hydrogen-bond donors (Lipinski definition) is 2. The molecule has 11 heteroatoms. The molecule has 1 aromatic carbocycles. The maximum atomic E-state index is 12.0. The summed E-state index contributed by atoms with van der Waals surface area (Å²) >= 11 is 0. The number of nitrogens with zero attached hydrogens (tertiary/aromatic N) is 6. The number of benzene rings is 1. The molecule has 2 saturated heterocycles. The van der Waals surface area contributed by atoms with E-state index in [0.29, 0.717) is 31.7 Å². The van der Waals surface area contributed by atoms with Crippen LogP contribution in [0.5, 0.6) is 0 Å². The molecule has 0 aliphatic carbocycles. The number of ether oxygens (including phenoxy) is 2. The lowest BCUT2D eigenvalue weighted by Gasteiger charge is -2.32. The largest absolute Gasteiger partial charge is 0.450 e. The number of aliphatic hydroxyl groups is 1. The van der Waals surface area contributed by atoms with Crippen LogP contribution < -0.4 is 5.32 Å². The van der Waals surface area contributed by atoms with E-state index in [1.807, 2.05) is 49.5 Å². The molecule has 6 rings (SSSR count). The zero-order chi connectivity index (χ0) is 27.5. The number of anilines is 2. The van der Waals surface area contributed by atoms with Crippen LogP contribution in [0, 0.1) is 0 Å². The van der Waals surface area contributed by atoms with Crippen LogP contribution in [-0.4, -0.2) is 106 Å². The van der Waals surface area contributed by atoms with Crippen molar-refractivity contribution in [3.63, 3.8) is 0 Å². The second-order valence-electron chi connectivity index (χ2n) is 10.5. The Morgan fingerprint density at radius 1 is 1.18 bits per heavy atom. The van der Waals surface area contributed by atoms with Crippen molar-refractivity contribution < 1.29 is 19.4 Å². The lowest BCUT2D eigenvalue weighted by atomic mass is 10.0. The third kappa shape index (κ3) is 5.68. The number of likely N-dealkylation sites (tertiary alicyclic amines) is 1. The predicted octanol–water partition coefficient (Wildman–Crippen LogP) is 3.12. The molecular weight excluding hydrogens is 510 g/mol. The first-order chi connectivity index (χ1) is 19.6. The van der Waals surface area contributed by atoms with Gasteiger partial charge < -0.3 is 24.8 Å². The zero-order valence-corrected chi connectivity index (χ0v) is 22.9. The molecular formula is C29H37N7O4. The number of aromatic nitrogens is 3. The normalized spacial score (nSPS) is 21.4. The number of pyridine rings is 1. The Hall–Kier alpha value is -3.51. The van der Waals surface area contributed by atoms with Gasteiger partial charge in [0.1, 0.15) is 6.23 Å². The molecule has 0 bridgehead atoms. The van der Waals surface area contributed by atoms with Crippen LogP contribution in [0.3, 0.4) is 0 Å². The van der Waals surface area contributed by atoms with Gasteiger partial charge >= 0.3 is 6.09 Å². The van der Waals surface area contributed by atoms with E-state index in [2.05, 4.69) is 26.3 Å². The summed E-state index contributed by atoms with van der Waals surface area (Å²) in [5.74, 6) is 0.498. The van der Waals surface area contributed by atoms with Crippen LogP contribution >= 0.6 is 0 Å². The number of amides is 1. The molecule has 212 valence electrons. The van der Waals surface area contributed by atoms with E-state index in [-0.39, 0.29) is 6.09 Å². The third-order valence-electron chi connectivity index (χ3n) is 8.01. The number of rotatable bonds is 7. The predicted molar refractivity (Wildman–Crippen MR) is 151 cm³/mol. The molecule has 5 heterocycles.